The zero-order chi connectivity index (χ0) is 21.2. The molecule has 29 heavy (non-hydrogen) atoms. The van der Waals surface area contributed by atoms with E-state index < -0.39 is 17.1 Å². The van der Waals surface area contributed by atoms with Gasteiger partial charge in [-0.2, -0.15) is 0 Å². The molecule has 0 aliphatic rings. The number of oxazole rings is 1. The van der Waals surface area contributed by atoms with Crippen LogP contribution < -0.4 is 10.1 Å². The number of methoxy groups -OCH3 is 1. The van der Waals surface area contributed by atoms with Crippen LogP contribution in [0.5, 0.6) is 5.75 Å². The third-order valence-corrected chi connectivity index (χ3v) is 5.15. The van der Waals surface area contributed by atoms with Crippen LogP contribution in [0.2, 0.25) is 0 Å². The van der Waals surface area contributed by atoms with Crippen molar-refractivity contribution in [3.63, 3.8) is 0 Å². The molecule has 2 aromatic rings. The lowest BCUT2D eigenvalue weighted by Gasteiger charge is -2.17. The molecule has 0 fully saturated rings. The molecule has 1 amide bonds. The molecule has 1 aromatic carbocycles. The minimum atomic E-state index is -1.42. The van der Waals surface area contributed by atoms with E-state index in [1.807, 2.05) is 38.1 Å². The standard InChI is InChI=1S/C20H28N2O6S/c1-5-26-19(27-6-2)11-21-18(23)13-29(24)12-17-14(3)28-20(22-17)15-8-7-9-16(10-15)25-4/h7-10,19H,5-6,11-13H2,1-4H3,(H,21,23). The van der Waals surface area contributed by atoms with Crippen molar-refractivity contribution in [3.8, 4) is 17.2 Å². The van der Waals surface area contributed by atoms with Gasteiger partial charge in [0.05, 0.1) is 25.1 Å². The Hall–Kier alpha value is -2.23. The summed E-state index contributed by atoms with van der Waals surface area (Å²) in [5, 5.41) is 2.69. The van der Waals surface area contributed by atoms with E-state index in [9.17, 15) is 9.00 Å². The number of carbonyl (C=O) groups is 1. The number of hydrogen-bond acceptors (Lipinski definition) is 7. The summed E-state index contributed by atoms with van der Waals surface area (Å²) < 4.78 is 34.1. The Labute approximate surface area is 173 Å². The molecule has 0 aliphatic heterocycles. The number of benzene rings is 1. The van der Waals surface area contributed by atoms with Gasteiger partial charge in [0.1, 0.15) is 17.3 Å². The van der Waals surface area contributed by atoms with Crippen molar-refractivity contribution < 1.29 is 27.6 Å². The minimum Gasteiger partial charge on any atom is -0.497 e. The SMILES string of the molecule is CCOC(CNC(=O)CS(=O)Cc1nc(-c2cccc(OC)c2)oc1C)OCC. The predicted octanol–water partition coefficient (Wildman–Crippen LogP) is 2.42. The first kappa shape index (κ1) is 23.1. The van der Waals surface area contributed by atoms with Crippen LogP contribution in [0.1, 0.15) is 25.3 Å². The summed E-state index contributed by atoms with van der Waals surface area (Å²) >= 11 is 0. The van der Waals surface area contributed by atoms with Crippen molar-refractivity contribution in [2.75, 3.05) is 32.6 Å². The number of carbonyl (C=O) groups excluding carboxylic acids is 1. The summed E-state index contributed by atoms with van der Waals surface area (Å²) in [6.45, 7) is 6.63. The number of hydrogen-bond donors (Lipinski definition) is 1. The van der Waals surface area contributed by atoms with Crippen LogP contribution in [-0.4, -0.2) is 54.0 Å². The van der Waals surface area contributed by atoms with E-state index in [-0.39, 0.29) is 24.0 Å². The van der Waals surface area contributed by atoms with E-state index >= 15 is 0 Å². The van der Waals surface area contributed by atoms with Gasteiger partial charge >= 0.3 is 0 Å². The van der Waals surface area contributed by atoms with E-state index in [0.717, 1.165) is 5.56 Å². The lowest BCUT2D eigenvalue weighted by Crippen LogP contribution is -2.37. The molecule has 0 spiro atoms. The quantitative estimate of drug-likeness (QED) is 0.522. The first-order chi connectivity index (χ1) is 14.0. The highest BCUT2D eigenvalue weighted by molar-refractivity contribution is 7.84. The third kappa shape index (κ3) is 7.26. The van der Waals surface area contributed by atoms with E-state index in [4.69, 9.17) is 18.6 Å². The maximum Gasteiger partial charge on any atom is 0.232 e. The number of aryl methyl sites for hydroxylation is 1. The van der Waals surface area contributed by atoms with Crippen molar-refractivity contribution in [2.45, 2.75) is 32.8 Å². The van der Waals surface area contributed by atoms with Crippen LogP contribution in [0.4, 0.5) is 0 Å². The number of nitrogens with zero attached hydrogens (tertiary/aromatic N) is 1. The fraction of sp³-hybridized carbons (Fsp3) is 0.500. The van der Waals surface area contributed by atoms with Gasteiger partial charge in [-0.05, 0) is 39.0 Å². The molecule has 0 aliphatic carbocycles. The second kappa shape index (κ2) is 11.7. The van der Waals surface area contributed by atoms with Crippen LogP contribution in [0.3, 0.4) is 0 Å². The van der Waals surface area contributed by atoms with Gasteiger partial charge in [-0.1, -0.05) is 6.07 Å². The van der Waals surface area contributed by atoms with Crippen molar-refractivity contribution >= 4 is 16.7 Å². The molecule has 1 unspecified atom stereocenters. The van der Waals surface area contributed by atoms with Gasteiger partial charge in [0, 0.05) is 29.6 Å². The molecule has 8 nitrogen and oxygen atoms in total. The van der Waals surface area contributed by atoms with E-state index in [0.29, 0.717) is 36.3 Å². The van der Waals surface area contributed by atoms with Crippen LogP contribution in [0.15, 0.2) is 28.7 Å². The number of aromatic nitrogens is 1. The van der Waals surface area contributed by atoms with Crippen molar-refractivity contribution in [3.05, 3.63) is 35.7 Å². The highest BCUT2D eigenvalue weighted by atomic mass is 32.2. The maximum atomic E-state index is 12.4. The number of amides is 1. The van der Waals surface area contributed by atoms with E-state index in [1.54, 1.807) is 14.0 Å². The molecular weight excluding hydrogens is 396 g/mol. The van der Waals surface area contributed by atoms with Gasteiger partial charge in [0.2, 0.25) is 11.8 Å². The lowest BCUT2D eigenvalue weighted by molar-refractivity contribution is -0.139. The van der Waals surface area contributed by atoms with Crippen LogP contribution in [0.25, 0.3) is 11.5 Å². The first-order valence-electron chi connectivity index (χ1n) is 9.42. The highest BCUT2D eigenvalue weighted by Gasteiger charge is 2.17. The highest BCUT2D eigenvalue weighted by Crippen LogP contribution is 2.25. The van der Waals surface area contributed by atoms with Crippen LogP contribution in [0, 0.1) is 6.92 Å². The first-order valence-corrected chi connectivity index (χ1v) is 10.9. The normalized spacial score (nSPS) is 12.2. The molecule has 1 N–H and O–H groups in total. The Balaban J connectivity index is 1.91. The Kier molecular flexibility index (Phi) is 9.30. The molecular formula is C20H28N2O6S. The molecule has 160 valence electrons. The smallest absolute Gasteiger partial charge is 0.232 e. The van der Waals surface area contributed by atoms with Gasteiger partial charge < -0.3 is 23.9 Å². The molecule has 0 saturated heterocycles. The zero-order valence-electron chi connectivity index (χ0n) is 17.2. The van der Waals surface area contributed by atoms with E-state index in [1.165, 1.54) is 0 Å². The van der Waals surface area contributed by atoms with E-state index in [2.05, 4.69) is 10.3 Å². The number of rotatable bonds is 12. The van der Waals surface area contributed by atoms with Gasteiger partial charge in [0.15, 0.2) is 6.29 Å². The zero-order valence-corrected chi connectivity index (χ0v) is 18.0. The molecule has 0 bridgehead atoms. The largest absolute Gasteiger partial charge is 0.497 e. The second-order valence-corrected chi connectivity index (χ2v) is 7.58. The monoisotopic (exact) mass is 424 g/mol. The fourth-order valence-electron chi connectivity index (χ4n) is 2.58. The summed E-state index contributed by atoms with van der Waals surface area (Å²) in [6.07, 6.45) is -0.509. The van der Waals surface area contributed by atoms with Crippen molar-refractivity contribution in [1.82, 2.24) is 10.3 Å². The van der Waals surface area contributed by atoms with Crippen molar-refractivity contribution in [1.29, 1.82) is 0 Å². The summed E-state index contributed by atoms with van der Waals surface area (Å²) in [7, 11) is 0.164. The average Bonchev–Trinajstić information content (AvgIpc) is 3.06. The minimum absolute atomic E-state index is 0.132. The maximum absolute atomic E-state index is 12.4. The molecule has 0 saturated carbocycles. The molecule has 0 radical (unpaired) electrons. The molecule has 1 atom stereocenters. The Morgan fingerprint density at radius 2 is 2.00 bits per heavy atom. The summed E-state index contributed by atoms with van der Waals surface area (Å²) in [5.41, 5.74) is 1.33. The Morgan fingerprint density at radius 3 is 2.66 bits per heavy atom. The summed E-state index contributed by atoms with van der Waals surface area (Å²) in [5.74, 6) is 1.36. The predicted molar refractivity (Wildman–Crippen MR) is 110 cm³/mol. The number of ether oxygens (including phenoxy) is 3. The summed E-state index contributed by atoms with van der Waals surface area (Å²) in [4.78, 5) is 16.5. The average molecular weight is 425 g/mol. The molecule has 1 heterocycles. The fourth-order valence-corrected chi connectivity index (χ4v) is 3.65. The number of nitrogens with one attached hydrogen (secondary N) is 1. The van der Waals surface area contributed by atoms with Gasteiger partial charge in [-0.3, -0.25) is 9.00 Å². The Bertz CT molecular complexity index is 817. The second-order valence-electron chi connectivity index (χ2n) is 6.13. The van der Waals surface area contributed by atoms with Crippen molar-refractivity contribution in [2.24, 2.45) is 0 Å². The molecule has 9 heteroatoms. The van der Waals surface area contributed by atoms with Gasteiger partial charge in [-0.15, -0.1) is 0 Å². The third-order valence-electron chi connectivity index (χ3n) is 3.97. The Morgan fingerprint density at radius 1 is 1.28 bits per heavy atom. The van der Waals surface area contributed by atoms with Gasteiger partial charge in [0.25, 0.3) is 0 Å². The van der Waals surface area contributed by atoms with Gasteiger partial charge in [-0.25, -0.2) is 4.98 Å². The summed E-state index contributed by atoms with van der Waals surface area (Å²) in [6, 6.07) is 7.34. The lowest BCUT2D eigenvalue weighted by atomic mass is 10.2. The molecule has 1 aromatic heterocycles. The topological polar surface area (TPSA) is 99.9 Å². The van der Waals surface area contributed by atoms with Crippen LogP contribution in [-0.2, 0) is 30.8 Å². The molecule has 2 rings (SSSR count). The van der Waals surface area contributed by atoms with Crippen LogP contribution >= 0.6 is 0 Å².